The molecule has 3 rings (SSSR count). The first-order chi connectivity index (χ1) is 12.4. The summed E-state index contributed by atoms with van der Waals surface area (Å²) in [6.07, 6.45) is 5.02. The first-order valence-electron chi connectivity index (χ1n) is 9.60. The molecule has 144 valence electrons. The molecule has 1 saturated carbocycles. The lowest BCUT2D eigenvalue weighted by Gasteiger charge is -2.59. The van der Waals surface area contributed by atoms with Crippen LogP contribution in [0.1, 0.15) is 40.0 Å². The first kappa shape index (κ1) is 19.0. The Morgan fingerprint density at radius 1 is 1.23 bits per heavy atom. The summed E-state index contributed by atoms with van der Waals surface area (Å²) >= 11 is 0. The number of aliphatic imine (C=N–C) groups is 1. The van der Waals surface area contributed by atoms with E-state index in [0.29, 0.717) is 12.1 Å². The van der Waals surface area contributed by atoms with E-state index in [4.69, 9.17) is 4.74 Å². The lowest BCUT2D eigenvalue weighted by Crippen LogP contribution is -2.69. The second-order valence-electron chi connectivity index (χ2n) is 8.22. The number of guanidine groups is 1. The SMILES string of the molecule is CN=C(NC1CCN(c2ccccn2)CC1)NC1CC(C)(OC)C1(C)C. The Kier molecular flexibility index (Phi) is 5.42. The second-order valence-corrected chi connectivity index (χ2v) is 8.22. The standard InChI is InChI=1S/C20H33N5O/c1-19(2)16(14-20(19,3)26-5)24-18(21-4)23-15-9-12-25(13-10-15)17-8-6-7-11-22-17/h6-8,11,15-16H,9-10,12-14H2,1-5H3,(H2,21,23,24). The van der Waals surface area contributed by atoms with E-state index in [1.165, 1.54) is 0 Å². The number of hydrogen-bond acceptors (Lipinski definition) is 4. The monoisotopic (exact) mass is 359 g/mol. The van der Waals surface area contributed by atoms with Gasteiger partial charge in [0.1, 0.15) is 5.82 Å². The van der Waals surface area contributed by atoms with Crippen LogP contribution in [-0.4, -0.2) is 55.9 Å². The van der Waals surface area contributed by atoms with Gasteiger partial charge in [-0.15, -0.1) is 0 Å². The summed E-state index contributed by atoms with van der Waals surface area (Å²) in [7, 11) is 3.65. The number of rotatable bonds is 4. The zero-order chi connectivity index (χ0) is 18.8. The first-order valence-corrected chi connectivity index (χ1v) is 9.60. The Bertz CT molecular complexity index is 624. The number of anilines is 1. The average molecular weight is 360 g/mol. The van der Waals surface area contributed by atoms with Crippen molar-refractivity contribution in [1.82, 2.24) is 15.6 Å². The molecule has 2 heterocycles. The summed E-state index contributed by atoms with van der Waals surface area (Å²) in [5.74, 6) is 1.97. The quantitative estimate of drug-likeness (QED) is 0.639. The third-order valence-corrected chi connectivity index (χ3v) is 6.62. The van der Waals surface area contributed by atoms with Crippen molar-refractivity contribution in [2.24, 2.45) is 10.4 Å². The topological polar surface area (TPSA) is 61.8 Å². The highest BCUT2D eigenvalue weighted by atomic mass is 16.5. The van der Waals surface area contributed by atoms with E-state index in [9.17, 15) is 0 Å². The minimum absolute atomic E-state index is 0.0711. The van der Waals surface area contributed by atoms with Crippen molar-refractivity contribution in [2.45, 2.75) is 57.7 Å². The smallest absolute Gasteiger partial charge is 0.191 e. The van der Waals surface area contributed by atoms with Gasteiger partial charge in [0.25, 0.3) is 0 Å². The van der Waals surface area contributed by atoms with Crippen LogP contribution in [0, 0.1) is 5.41 Å². The molecule has 2 fully saturated rings. The van der Waals surface area contributed by atoms with Gasteiger partial charge in [-0.05, 0) is 38.3 Å². The minimum atomic E-state index is -0.0719. The summed E-state index contributed by atoms with van der Waals surface area (Å²) in [5.41, 5.74) is -0.000740. The molecule has 2 atom stereocenters. The number of piperidine rings is 1. The number of methoxy groups -OCH3 is 1. The summed E-state index contributed by atoms with van der Waals surface area (Å²) < 4.78 is 5.73. The van der Waals surface area contributed by atoms with Gasteiger partial charge in [0.2, 0.25) is 0 Å². The molecule has 1 saturated heterocycles. The van der Waals surface area contributed by atoms with Gasteiger partial charge in [0.15, 0.2) is 5.96 Å². The van der Waals surface area contributed by atoms with E-state index in [0.717, 1.165) is 44.1 Å². The molecule has 0 bridgehead atoms. The number of ether oxygens (including phenoxy) is 1. The maximum Gasteiger partial charge on any atom is 0.191 e. The van der Waals surface area contributed by atoms with Crippen LogP contribution in [0.15, 0.2) is 29.4 Å². The zero-order valence-corrected chi connectivity index (χ0v) is 16.7. The van der Waals surface area contributed by atoms with E-state index < -0.39 is 0 Å². The zero-order valence-electron chi connectivity index (χ0n) is 16.7. The van der Waals surface area contributed by atoms with Crippen LogP contribution in [0.2, 0.25) is 0 Å². The van der Waals surface area contributed by atoms with E-state index in [1.807, 2.05) is 25.4 Å². The Hall–Kier alpha value is -1.82. The molecule has 2 unspecified atom stereocenters. The normalized spacial score (nSPS) is 29.2. The lowest BCUT2D eigenvalue weighted by molar-refractivity contribution is -0.176. The number of nitrogens with one attached hydrogen (secondary N) is 2. The molecule has 0 radical (unpaired) electrons. The Morgan fingerprint density at radius 2 is 1.96 bits per heavy atom. The van der Waals surface area contributed by atoms with Crippen molar-refractivity contribution in [3.63, 3.8) is 0 Å². The predicted octanol–water partition coefficient (Wildman–Crippen LogP) is 2.42. The number of aromatic nitrogens is 1. The van der Waals surface area contributed by atoms with Gasteiger partial charge in [0.05, 0.1) is 5.60 Å². The molecule has 1 aromatic rings. The van der Waals surface area contributed by atoms with Crippen molar-refractivity contribution in [3.05, 3.63) is 24.4 Å². The molecule has 0 aromatic carbocycles. The van der Waals surface area contributed by atoms with Gasteiger partial charge in [-0.2, -0.15) is 0 Å². The fourth-order valence-corrected chi connectivity index (χ4v) is 4.05. The van der Waals surface area contributed by atoms with Crippen LogP contribution < -0.4 is 15.5 Å². The molecular weight excluding hydrogens is 326 g/mol. The highest BCUT2D eigenvalue weighted by molar-refractivity contribution is 5.80. The van der Waals surface area contributed by atoms with Crippen LogP contribution in [0.5, 0.6) is 0 Å². The Balaban J connectivity index is 1.50. The highest BCUT2D eigenvalue weighted by Crippen LogP contribution is 2.51. The lowest BCUT2D eigenvalue weighted by atomic mass is 9.56. The van der Waals surface area contributed by atoms with Crippen molar-refractivity contribution in [1.29, 1.82) is 0 Å². The van der Waals surface area contributed by atoms with Gasteiger partial charge in [0, 0.05) is 50.9 Å². The van der Waals surface area contributed by atoms with Crippen LogP contribution >= 0.6 is 0 Å². The molecule has 2 aliphatic rings. The summed E-state index contributed by atoms with van der Waals surface area (Å²) in [5, 5.41) is 7.22. The third kappa shape index (κ3) is 3.52. The Morgan fingerprint density at radius 3 is 2.50 bits per heavy atom. The molecule has 0 spiro atoms. The molecule has 1 aliphatic carbocycles. The van der Waals surface area contributed by atoms with Crippen LogP contribution in [-0.2, 0) is 4.74 Å². The van der Waals surface area contributed by atoms with Gasteiger partial charge in [-0.25, -0.2) is 4.98 Å². The maximum absolute atomic E-state index is 5.73. The van der Waals surface area contributed by atoms with Gasteiger partial charge < -0.3 is 20.3 Å². The Labute approximate surface area is 157 Å². The van der Waals surface area contributed by atoms with Gasteiger partial charge in [-0.3, -0.25) is 4.99 Å². The van der Waals surface area contributed by atoms with Crippen LogP contribution in [0.25, 0.3) is 0 Å². The minimum Gasteiger partial charge on any atom is -0.378 e. The van der Waals surface area contributed by atoms with Crippen molar-refractivity contribution in [3.8, 4) is 0 Å². The largest absolute Gasteiger partial charge is 0.378 e. The fraction of sp³-hybridized carbons (Fsp3) is 0.700. The molecule has 1 aliphatic heterocycles. The third-order valence-electron chi connectivity index (χ3n) is 6.62. The molecule has 26 heavy (non-hydrogen) atoms. The summed E-state index contributed by atoms with van der Waals surface area (Å²) in [6.45, 7) is 8.74. The van der Waals surface area contributed by atoms with Crippen molar-refractivity contribution >= 4 is 11.8 Å². The number of pyridine rings is 1. The van der Waals surface area contributed by atoms with Crippen LogP contribution in [0.3, 0.4) is 0 Å². The van der Waals surface area contributed by atoms with Crippen molar-refractivity contribution < 1.29 is 4.74 Å². The van der Waals surface area contributed by atoms with Gasteiger partial charge >= 0.3 is 0 Å². The molecule has 6 nitrogen and oxygen atoms in total. The van der Waals surface area contributed by atoms with E-state index in [-0.39, 0.29) is 11.0 Å². The van der Waals surface area contributed by atoms with Gasteiger partial charge in [-0.1, -0.05) is 19.9 Å². The molecule has 6 heteroatoms. The molecular formula is C20H33N5O. The summed E-state index contributed by atoms with van der Waals surface area (Å²) in [6, 6.07) is 6.90. The highest BCUT2D eigenvalue weighted by Gasteiger charge is 2.58. The second kappa shape index (κ2) is 7.43. The van der Waals surface area contributed by atoms with Crippen molar-refractivity contribution in [2.75, 3.05) is 32.1 Å². The average Bonchev–Trinajstić information content (AvgIpc) is 2.67. The summed E-state index contributed by atoms with van der Waals surface area (Å²) in [4.78, 5) is 11.3. The van der Waals surface area contributed by atoms with E-state index in [1.54, 1.807) is 7.11 Å². The number of hydrogen-bond donors (Lipinski definition) is 2. The fourth-order valence-electron chi connectivity index (χ4n) is 4.05. The van der Waals surface area contributed by atoms with E-state index >= 15 is 0 Å². The maximum atomic E-state index is 5.73. The number of nitrogens with zero attached hydrogens (tertiary/aromatic N) is 3. The van der Waals surface area contributed by atoms with Crippen LogP contribution in [0.4, 0.5) is 5.82 Å². The molecule has 1 aromatic heterocycles. The molecule has 2 N–H and O–H groups in total. The molecule has 0 amide bonds. The predicted molar refractivity (Wildman–Crippen MR) is 107 cm³/mol. The van der Waals surface area contributed by atoms with E-state index in [2.05, 4.69) is 52.3 Å².